The lowest BCUT2D eigenvalue weighted by Crippen LogP contribution is -2.31. The van der Waals surface area contributed by atoms with Crippen LogP contribution in [0.1, 0.15) is 20.3 Å². The molecular weight excluding hydrogens is 220 g/mol. The largest absolute Gasteiger partial charge is 0.394 e. The first-order valence-electron chi connectivity index (χ1n) is 4.85. The van der Waals surface area contributed by atoms with Gasteiger partial charge in [-0.25, -0.2) is 0 Å². The molecule has 0 unspecified atom stereocenters. The average molecular weight is 240 g/mol. The minimum atomic E-state index is -1.01. The van der Waals surface area contributed by atoms with E-state index in [9.17, 15) is 10.2 Å². The summed E-state index contributed by atoms with van der Waals surface area (Å²) < 4.78 is 0.307. The molecule has 0 rings (SSSR count). The minimum Gasteiger partial charge on any atom is -0.394 e. The molecule has 0 bridgehead atoms. The first kappa shape index (κ1) is 14.6. The number of aliphatic hydroxyl groups is 3. The lowest BCUT2D eigenvalue weighted by atomic mass is 10.2. The molecule has 2 atom stereocenters. The Morgan fingerprint density at radius 3 is 1.86 bits per heavy atom. The molecule has 0 amide bonds. The normalized spacial score (nSPS) is 15.9. The Morgan fingerprint density at radius 2 is 1.50 bits per heavy atom. The summed E-state index contributed by atoms with van der Waals surface area (Å²) in [5.41, 5.74) is 0. The summed E-state index contributed by atoms with van der Waals surface area (Å²) in [5, 5.41) is 27.4. The van der Waals surface area contributed by atoms with Crippen LogP contribution in [0.2, 0.25) is 0 Å². The quantitative estimate of drug-likeness (QED) is 0.551. The number of hydrogen-bond acceptors (Lipinski definition) is 5. The van der Waals surface area contributed by atoms with E-state index < -0.39 is 12.2 Å². The second kappa shape index (κ2) is 8.85. The van der Waals surface area contributed by atoms with Crippen molar-refractivity contribution in [2.75, 3.05) is 18.1 Å². The van der Waals surface area contributed by atoms with Gasteiger partial charge in [0, 0.05) is 0 Å². The van der Waals surface area contributed by atoms with Gasteiger partial charge >= 0.3 is 0 Å². The van der Waals surface area contributed by atoms with Crippen molar-refractivity contribution in [2.24, 2.45) is 0 Å². The van der Waals surface area contributed by atoms with Gasteiger partial charge in [-0.2, -0.15) is 0 Å². The molecule has 14 heavy (non-hydrogen) atoms. The molecule has 0 aromatic rings. The molecule has 0 spiro atoms. The summed E-state index contributed by atoms with van der Waals surface area (Å²) in [7, 11) is 0. The highest BCUT2D eigenvalue weighted by Gasteiger charge is 2.20. The van der Waals surface area contributed by atoms with E-state index in [0.29, 0.717) is 11.0 Å². The Hall–Kier alpha value is 0.580. The maximum absolute atomic E-state index is 9.50. The molecule has 0 aliphatic carbocycles. The average Bonchev–Trinajstić information content (AvgIpc) is 2.17. The summed E-state index contributed by atoms with van der Waals surface area (Å²) in [6, 6.07) is 0. The van der Waals surface area contributed by atoms with Crippen molar-refractivity contribution < 1.29 is 15.3 Å². The highest BCUT2D eigenvalue weighted by molar-refractivity contribution is 8.16. The lowest BCUT2D eigenvalue weighted by molar-refractivity contribution is -0.0154. The van der Waals surface area contributed by atoms with Crippen LogP contribution in [0.3, 0.4) is 0 Å². The summed E-state index contributed by atoms with van der Waals surface area (Å²) in [5.74, 6) is 2.00. The number of aliphatic hydroxyl groups excluding tert-OH is 3. The Morgan fingerprint density at radius 1 is 1.00 bits per heavy atom. The second-order valence-corrected chi connectivity index (χ2v) is 6.15. The lowest BCUT2D eigenvalue weighted by Gasteiger charge is -2.21. The maximum atomic E-state index is 9.50. The topological polar surface area (TPSA) is 60.7 Å². The van der Waals surface area contributed by atoms with Crippen LogP contribution < -0.4 is 0 Å². The molecule has 86 valence electrons. The molecule has 3 N–H and O–H groups in total. The van der Waals surface area contributed by atoms with E-state index in [1.807, 2.05) is 0 Å². The van der Waals surface area contributed by atoms with Crippen LogP contribution in [0.15, 0.2) is 0 Å². The van der Waals surface area contributed by atoms with Gasteiger partial charge in [0.15, 0.2) is 0 Å². The van der Waals surface area contributed by atoms with Gasteiger partial charge in [0.25, 0.3) is 0 Å². The molecule has 0 aliphatic rings. The van der Waals surface area contributed by atoms with Crippen LogP contribution in [0.25, 0.3) is 0 Å². The van der Waals surface area contributed by atoms with Gasteiger partial charge in [-0.05, 0) is 17.9 Å². The first-order valence-corrected chi connectivity index (χ1v) is 6.95. The van der Waals surface area contributed by atoms with Gasteiger partial charge in [-0.1, -0.05) is 13.8 Å². The van der Waals surface area contributed by atoms with Crippen molar-refractivity contribution >= 4 is 23.5 Å². The van der Waals surface area contributed by atoms with E-state index >= 15 is 0 Å². The van der Waals surface area contributed by atoms with Crippen molar-refractivity contribution in [1.29, 1.82) is 0 Å². The highest BCUT2D eigenvalue weighted by Crippen LogP contribution is 2.28. The Kier molecular flexibility index (Phi) is 9.22. The van der Waals surface area contributed by atoms with E-state index in [4.69, 9.17) is 5.11 Å². The SMILES string of the molecule is CCSC(C[C@H](O)[C@H](O)CO)SCC. The van der Waals surface area contributed by atoms with E-state index in [1.54, 1.807) is 23.5 Å². The second-order valence-electron chi connectivity index (χ2n) is 2.89. The van der Waals surface area contributed by atoms with Gasteiger partial charge in [-0.15, -0.1) is 23.5 Å². The first-order chi connectivity index (χ1) is 6.65. The highest BCUT2D eigenvalue weighted by atomic mass is 32.2. The van der Waals surface area contributed by atoms with Crippen molar-refractivity contribution in [3.63, 3.8) is 0 Å². The van der Waals surface area contributed by atoms with E-state index in [0.717, 1.165) is 11.5 Å². The number of rotatable bonds is 8. The fourth-order valence-corrected chi connectivity index (χ4v) is 3.64. The van der Waals surface area contributed by atoms with Crippen molar-refractivity contribution in [3.8, 4) is 0 Å². The summed E-state index contributed by atoms with van der Waals surface area (Å²) >= 11 is 3.53. The molecule has 3 nitrogen and oxygen atoms in total. The van der Waals surface area contributed by atoms with Gasteiger partial charge in [0.1, 0.15) is 6.10 Å². The van der Waals surface area contributed by atoms with Gasteiger partial charge in [-0.3, -0.25) is 0 Å². The minimum absolute atomic E-state index is 0.307. The molecule has 0 radical (unpaired) electrons. The van der Waals surface area contributed by atoms with Crippen molar-refractivity contribution in [2.45, 2.75) is 37.1 Å². The molecule has 0 aliphatic heterocycles. The monoisotopic (exact) mass is 240 g/mol. The molecule has 5 heteroatoms. The zero-order valence-electron chi connectivity index (χ0n) is 8.72. The molecule has 0 fully saturated rings. The van der Waals surface area contributed by atoms with Gasteiger partial charge < -0.3 is 15.3 Å². The van der Waals surface area contributed by atoms with Crippen LogP contribution in [0, 0.1) is 0 Å². The van der Waals surface area contributed by atoms with Crippen LogP contribution in [0.5, 0.6) is 0 Å². The van der Waals surface area contributed by atoms with Crippen LogP contribution in [0.4, 0.5) is 0 Å². The van der Waals surface area contributed by atoms with Crippen molar-refractivity contribution in [1.82, 2.24) is 0 Å². The maximum Gasteiger partial charge on any atom is 0.103 e. The smallest absolute Gasteiger partial charge is 0.103 e. The molecule has 0 aromatic heterocycles. The van der Waals surface area contributed by atoms with Crippen molar-refractivity contribution in [3.05, 3.63) is 0 Å². The van der Waals surface area contributed by atoms with E-state index in [2.05, 4.69) is 13.8 Å². The Labute approximate surface area is 94.3 Å². The zero-order valence-corrected chi connectivity index (χ0v) is 10.4. The summed E-state index contributed by atoms with van der Waals surface area (Å²) in [6.07, 6.45) is -1.30. The fourth-order valence-electron chi connectivity index (χ4n) is 1.03. The summed E-state index contributed by atoms with van der Waals surface area (Å²) in [6.45, 7) is 3.77. The fraction of sp³-hybridized carbons (Fsp3) is 1.00. The number of hydrogen-bond donors (Lipinski definition) is 3. The molecular formula is C9H20O3S2. The van der Waals surface area contributed by atoms with E-state index in [1.165, 1.54) is 0 Å². The molecule has 0 saturated carbocycles. The standard InChI is InChI=1S/C9H20O3S2/c1-3-13-9(14-4-2)5-7(11)8(12)6-10/h7-12H,3-6H2,1-2H3/t7-,8+/m0/s1. The van der Waals surface area contributed by atoms with Crippen LogP contribution in [-0.4, -0.2) is 50.2 Å². The Balaban J connectivity index is 3.87. The predicted octanol–water partition coefficient (Wildman–Crippen LogP) is 0.923. The summed E-state index contributed by atoms with van der Waals surface area (Å²) in [4.78, 5) is 0. The molecule has 0 aromatic carbocycles. The third-order valence-electron chi connectivity index (χ3n) is 1.77. The molecule has 0 heterocycles. The van der Waals surface area contributed by atoms with Gasteiger partial charge in [0.05, 0.1) is 17.3 Å². The van der Waals surface area contributed by atoms with Gasteiger partial charge in [0.2, 0.25) is 0 Å². The third kappa shape index (κ3) is 6.14. The third-order valence-corrected chi connectivity index (χ3v) is 4.38. The predicted molar refractivity (Wildman–Crippen MR) is 63.8 cm³/mol. The van der Waals surface area contributed by atoms with Crippen LogP contribution >= 0.6 is 23.5 Å². The zero-order chi connectivity index (χ0) is 11.0. The van der Waals surface area contributed by atoms with Crippen LogP contribution in [-0.2, 0) is 0 Å². The Bertz CT molecular complexity index is 129. The van der Waals surface area contributed by atoms with E-state index in [-0.39, 0.29) is 6.61 Å². The molecule has 0 saturated heterocycles. The number of thioether (sulfide) groups is 2.